The summed E-state index contributed by atoms with van der Waals surface area (Å²) in [5.41, 5.74) is 2.34. The molecule has 10 nitrogen and oxygen atoms in total. The van der Waals surface area contributed by atoms with Crippen molar-refractivity contribution in [2.75, 3.05) is 17.9 Å². The Morgan fingerprint density at radius 2 is 1.87 bits per heavy atom. The highest BCUT2D eigenvalue weighted by Crippen LogP contribution is 2.22. The first-order valence-electron chi connectivity index (χ1n) is 12.7. The molecule has 1 atom stereocenters. The molecule has 4 aromatic rings. The van der Waals surface area contributed by atoms with Crippen LogP contribution in [0.2, 0.25) is 0 Å². The number of aliphatic hydroxyl groups excluding tert-OH is 1. The fraction of sp³-hybridized carbons (Fsp3) is 0.321. The molecule has 0 aliphatic rings. The zero-order chi connectivity index (χ0) is 28.0. The average molecular weight is 552 g/mol. The second-order valence-corrected chi connectivity index (χ2v) is 11.5. The van der Waals surface area contributed by atoms with E-state index in [0.29, 0.717) is 23.3 Å². The summed E-state index contributed by atoms with van der Waals surface area (Å²) in [5, 5.41) is 14.2. The molecule has 1 unspecified atom stereocenters. The molecular formula is C28H33N5O5S. The van der Waals surface area contributed by atoms with E-state index in [1.165, 1.54) is 12.1 Å². The molecule has 0 spiro atoms. The number of nitrogens with zero attached hydrogens (tertiary/aromatic N) is 3. The van der Waals surface area contributed by atoms with E-state index in [-0.39, 0.29) is 29.3 Å². The number of fused-ring (bicyclic) bond motifs is 1. The number of sulfonamides is 1. The lowest BCUT2D eigenvalue weighted by Crippen LogP contribution is -2.42. The van der Waals surface area contributed by atoms with Crippen molar-refractivity contribution in [1.29, 1.82) is 0 Å². The van der Waals surface area contributed by atoms with Gasteiger partial charge in [0.2, 0.25) is 0 Å². The Bertz CT molecular complexity index is 1540. The van der Waals surface area contributed by atoms with Gasteiger partial charge in [0.15, 0.2) is 5.69 Å². The highest BCUT2D eigenvalue weighted by atomic mass is 32.2. The van der Waals surface area contributed by atoms with E-state index in [1.807, 2.05) is 18.4 Å². The summed E-state index contributed by atoms with van der Waals surface area (Å²) >= 11 is 0. The number of carbonyl (C=O) groups excluding carboxylic acids is 1. The maximum atomic E-state index is 12.6. The fourth-order valence-electron chi connectivity index (χ4n) is 4.05. The van der Waals surface area contributed by atoms with E-state index in [1.54, 1.807) is 68.0 Å². The molecule has 206 valence electrons. The standard InChI is InChI=1S/C28H33N5O5S/c1-4-38-27(35)24-16-23-25(17-29-24)33(19-30-23)14-13-28(2,3)31-18-26(34)20-9-8-10-21(15-20)32-39(36,37)22-11-6-5-7-12-22/h5-12,15-17,19,26,31-32,34H,4,13-14,18H2,1-3H3. The summed E-state index contributed by atoms with van der Waals surface area (Å²) in [4.78, 5) is 20.7. The third-order valence-corrected chi connectivity index (χ3v) is 7.72. The first kappa shape index (κ1) is 28.2. The second kappa shape index (κ2) is 11.9. The van der Waals surface area contributed by atoms with Gasteiger partial charge in [-0.15, -0.1) is 0 Å². The number of hydrogen-bond donors (Lipinski definition) is 3. The molecule has 2 aromatic heterocycles. The lowest BCUT2D eigenvalue weighted by molar-refractivity contribution is 0.0519. The number of β-amino-alcohol motifs (C(OH)–C–C–N with tert-alkyl or cyclic N) is 1. The lowest BCUT2D eigenvalue weighted by atomic mass is 9.99. The summed E-state index contributed by atoms with van der Waals surface area (Å²) in [6, 6.07) is 16.5. The summed E-state index contributed by atoms with van der Waals surface area (Å²) in [6.45, 7) is 7.03. The van der Waals surface area contributed by atoms with Crippen molar-refractivity contribution in [3.8, 4) is 0 Å². The van der Waals surface area contributed by atoms with Gasteiger partial charge >= 0.3 is 5.97 Å². The van der Waals surface area contributed by atoms with Gasteiger partial charge in [-0.1, -0.05) is 30.3 Å². The summed E-state index contributed by atoms with van der Waals surface area (Å²) < 4.78 is 34.8. The van der Waals surface area contributed by atoms with Crippen LogP contribution in [0.25, 0.3) is 11.0 Å². The van der Waals surface area contributed by atoms with E-state index in [4.69, 9.17) is 4.74 Å². The smallest absolute Gasteiger partial charge is 0.356 e. The molecule has 39 heavy (non-hydrogen) atoms. The highest BCUT2D eigenvalue weighted by molar-refractivity contribution is 7.92. The van der Waals surface area contributed by atoms with Gasteiger partial charge in [0.05, 0.1) is 41.2 Å². The Morgan fingerprint density at radius 3 is 2.62 bits per heavy atom. The van der Waals surface area contributed by atoms with Crippen molar-refractivity contribution in [1.82, 2.24) is 19.9 Å². The molecule has 4 rings (SSSR count). The molecule has 0 aliphatic heterocycles. The Labute approximate surface area is 228 Å². The molecule has 0 fully saturated rings. The number of nitrogens with one attached hydrogen (secondary N) is 2. The van der Waals surface area contributed by atoms with Gasteiger partial charge in [0, 0.05) is 24.3 Å². The summed E-state index contributed by atoms with van der Waals surface area (Å²) in [7, 11) is -3.73. The van der Waals surface area contributed by atoms with E-state index in [9.17, 15) is 18.3 Å². The number of aliphatic hydroxyl groups is 1. The van der Waals surface area contributed by atoms with Crippen molar-refractivity contribution < 1.29 is 23.1 Å². The minimum Gasteiger partial charge on any atom is -0.461 e. The van der Waals surface area contributed by atoms with Crippen molar-refractivity contribution in [3.63, 3.8) is 0 Å². The molecule has 3 N–H and O–H groups in total. The topological polar surface area (TPSA) is 135 Å². The Hall–Kier alpha value is -3.80. The number of carbonyl (C=O) groups is 1. The quantitative estimate of drug-likeness (QED) is 0.226. The van der Waals surface area contributed by atoms with Crippen LogP contribution in [0, 0.1) is 0 Å². The maximum Gasteiger partial charge on any atom is 0.356 e. The van der Waals surface area contributed by atoms with Gasteiger partial charge in [-0.2, -0.15) is 0 Å². The predicted molar refractivity (Wildman–Crippen MR) is 149 cm³/mol. The van der Waals surface area contributed by atoms with Crippen molar-refractivity contribution in [3.05, 3.63) is 84.4 Å². The first-order valence-corrected chi connectivity index (χ1v) is 14.2. The van der Waals surface area contributed by atoms with Crippen LogP contribution in [-0.2, 0) is 21.3 Å². The van der Waals surface area contributed by atoms with E-state index in [2.05, 4.69) is 20.0 Å². The Kier molecular flexibility index (Phi) is 8.63. The van der Waals surface area contributed by atoms with Gasteiger partial charge in [0.25, 0.3) is 10.0 Å². The first-order chi connectivity index (χ1) is 18.6. The largest absolute Gasteiger partial charge is 0.461 e. The van der Waals surface area contributed by atoms with Crippen LogP contribution in [0.3, 0.4) is 0 Å². The number of rotatable bonds is 12. The van der Waals surface area contributed by atoms with Crippen molar-refractivity contribution >= 4 is 32.7 Å². The lowest BCUT2D eigenvalue weighted by Gasteiger charge is -2.28. The number of anilines is 1. The van der Waals surface area contributed by atoms with Gasteiger partial charge < -0.3 is 19.7 Å². The van der Waals surface area contributed by atoms with Crippen LogP contribution in [0.4, 0.5) is 5.69 Å². The van der Waals surface area contributed by atoms with E-state index < -0.39 is 22.1 Å². The van der Waals surface area contributed by atoms with Crippen molar-refractivity contribution in [2.45, 2.75) is 50.3 Å². The molecular weight excluding hydrogens is 518 g/mol. The third kappa shape index (κ3) is 7.20. The number of aryl methyl sites for hydroxylation is 1. The van der Waals surface area contributed by atoms with E-state index in [0.717, 1.165) is 11.9 Å². The van der Waals surface area contributed by atoms with Gasteiger partial charge in [-0.3, -0.25) is 4.72 Å². The van der Waals surface area contributed by atoms with E-state index >= 15 is 0 Å². The van der Waals surface area contributed by atoms with Crippen molar-refractivity contribution in [2.24, 2.45) is 0 Å². The molecule has 2 aromatic carbocycles. The molecule has 11 heteroatoms. The number of aromatic nitrogens is 3. The Balaban J connectivity index is 1.34. The molecule has 0 bridgehead atoms. The number of ether oxygens (including phenoxy) is 1. The van der Waals surface area contributed by atoms with Gasteiger partial charge in [-0.05, 0) is 63.1 Å². The van der Waals surface area contributed by atoms with Crippen LogP contribution in [0.1, 0.15) is 49.3 Å². The van der Waals surface area contributed by atoms with Crippen LogP contribution >= 0.6 is 0 Å². The minimum atomic E-state index is -3.73. The fourth-order valence-corrected chi connectivity index (χ4v) is 5.12. The number of benzene rings is 2. The highest BCUT2D eigenvalue weighted by Gasteiger charge is 2.21. The van der Waals surface area contributed by atoms with Crippen LogP contribution in [0.15, 0.2) is 78.1 Å². The molecule has 2 heterocycles. The molecule has 0 amide bonds. The number of hydrogen-bond acceptors (Lipinski definition) is 8. The number of imidazole rings is 1. The zero-order valence-electron chi connectivity index (χ0n) is 22.2. The monoisotopic (exact) mass is 551 g/mol. The Morgan fingerprint density at radius 1 is 1.10 bits per heavy atom. The molecule has 0 aliphatic carbocycles. The average Bonchev–Trinajstić information content (AvgIpc) is 3.33. The van der Waals surface area contributed by atoms with Crippen LogP contribution in [0.5, 0.6) is 0 Å². The normalized spacial score (nSPS) is 12.8. The third-order valence-electron chi connectivity index (χ3n) is 6.32. The van der Waals surface area contributed by atoms with Crippen LogP contribution < -0.4 is 10.0 Å². The minimum absolute atomic E-state index is 0.167. The van der Waals surface area contributed by atoms with Crippen LogP contribution in [-0.4, -0.2) is 52.7 Å². The number of esters is 1. The predicted octanol–water partition coefficient (Wildman–Crippen LogP) is 3.90. The number of pyridine rings is 1. The molecule has 0 saturated heterocycles. The molecule has 0 radical (unpaired) electrons. The second-order valence-electron chi connectivity index (χ2n) is 9.79. The molecule has 0 saturated carbocycles. The summed E-state index contributed by atoms with van der Waals surface area (Å²) in [5.74, 6) is -0.475. The van der Waals surface area contributed by atoms with Gasteiger partial charge in [0.1, 0.15) is 0 Å². The summed E-state index contributed by atoms with van der Waals surface area (Å²) in [6.07, 6.45) is 3.22. The maximum absolute atomic E-state index is 12.6. The zero-order valence-corrected chi connectivity index (χ0v) is 23.0. The van der Waals surface area contributed by atoms with Gasteiger partial charge in [-0.25, -0.2) is 23.2 Å². The SMILES string of the molecule is CCOC(=O)c1cc2ncn(CCC(C)(C)NCC(O)c3cccc(NS(=O)(=O)c4ccccc4)c3)c2cn1.